The smallest absolute Gasteiger partial charge is 0.182 e. The largest absolute Gasteiger partial charge is 0.485 e. The molecule has 0 bridgehead atoms. The van der Waals surface area contributed by atoms with Gasteiger partial charge in [-0.05, 0) is 76.7 Å². The van der Waals surface area contributed by atoms with E-state index in [4.69, 9.17) is 10.5 Å². The van der Waals surface area contributed by atoms with Crippen LogP contribution in [-0.2, 0) is 6.54 Å². The Morgan fingerprint density at radius 3 is 2.40 bits per heavy atom. The molecule has 2 aromatic rings. The van der Waals surface area contributed by atoms with E-state index in [-0.39, 0.29) is 0 Å². The Bertz CT molecular complexity index is 606. The summed E-state index contributed by atoms with van der Waals surface area (Å²) in [6.45, 7) is 5.72. The number of pyridine rings is 1. The van der Waals surface area contributed by atoms with Crippen molar-refractivity contribution in [3.63, 3.8) is 0 Å². The molecule has 3 nitrogen and oxygen atoms in total. The van der Waals surface area contributed by atoms with Gasteiger partial charge in [-0.15, -0.1) is 0 Å². The Kier molecular flexibility index (Phi) is 5.48. The number of halogens is 2. The molecule has 0 saturated heterocycles. The van der Waals surface area contributed by atoms with Crippen LogP contribution in [0.3, 0.4) is 0 Å². The van der Waals surface area contributed by atoms with Gasteiger partial charge in [0, 0.05) is 17.3 Å². The number of aromatic nitrogens is 1. The lowest BCUT2D eigenvalue weighted by atomic mass is 10.2. The summed E-state index contributed by atoms with van der Waals surface area (Å²) in [5.74, 6) is 0.921. The van der Waals surface area contributed by atoms with Gasteiger partial charge < -0.3 is 10.5 Å². The van der Waals surface area contributed by atoms with Crippen molar-refractivity contribution in [2.75, 3.05) is 12.3 Å². The lowest BCUT2D eigenvalue weighted by molar-refractivity contribution is -0.697. The van der Waals surface area contributed by atoms with Gasteiger partial charge in [0.15, 0.2) is 18.9 Å². The van der Waals surface area contributed by atoms with E-state index in [1.165, 1.54) is 11.1 Å². The summed E-state index contributed by atoms with van der Waals surface area (Å²) in [6, 6.07) is 5.99. The molecule has 20 heavy (non-hydrogen) atoms. The van der Waals surface area contributed by atoms with Crippen LogP contribution in [0.5, 0.6) is 5.75 Å². The summed E-state index contributed by atoms with van der Waals surface area (Å²) in [7, 11) is 0. The van der Waals surface area contributed by atoms with E-state index in [1.54, 1.807) is 0 Å². The molecule has 0 atom stereocenters. The lowest BCUT2D eigenvalue weighted by Crippen LogP contribution is -2.36. The second-order valence-corrected chi connectivity index (χ2v) is 7.04. The molecule has 5 heteroatoms. The topological polar surface area (TPSA) is 39.1 Å². The molecule has 106 valence electrons. The number of nitrogens with zero attached hydrogens (tertiary/aromatic N) is 1. The Hall–Kier alpha value is -0.570. The zero-order valence-electron chi connectivity index (χ0n) is 11.5. The second kappa shape index (κ2) is 6.93. The van der Waals surface area contributed by atoms with E-state index in [0.717, 1.165) is 25.1 Å². The average Bonchev–Trinajstić information content (AvgIpc) is 2.36. The SMILES string of the molecule is Cc1cc[n+](CCOc2c(I)cc(N)cc2I)cc1C. The number of nitrogen functional groups attached to an aromatic ring is 1. The van der Waals surface area contributed by atoms with Crippen molar-refractivity contribution in [3.8, 4) is 5.75 Å². The van der Waals surface area contributed by atoms with E-state index in [9.17, 15) is 0 Å². The second-order valence-electron chi connectivity index (χ2n) is 4.71. The summed E-state index contributed by atoms with van der Waals surface area (Å²) < 4.78 is 10.2. The fraction of sp³-hybridized carbons (Fsp3) is 0.267. The minimum atomic E-state index is 0.642. The fourth-order valence-corrected chi connectivity index (χ4v) is 3.97. The molecule has 1 aromatic carbocycles. The molecule has 0 aliphatic carbocycles. The van der Waals surface area contributed by atoms with Gasteiger partial charge in [-0.3, -0.25) is 0 Å². The number of anilines is 1. The monoisotopic (exact) mass is 495 g/mol. The van der Waals surface area contributed by atoms with Gasteiger partial charge in [-0.1, -0.05) is 0 Å². The zero-order chi connectivity index (χ0) is 14.7. The maximum Gasteiger partial charge on any atom is 0.182 e. The first kappa shape index (κ1) is 15.8. The predicted octanol–water partition coefficient (Wildman–Crippen LogP) is 3.46. The quantitative estimate of drug-likeness (QED) is 0.401. The van der Waals surface area contributed by atoms with Crippen LogP contribution in [0.1, 0.15) is 11.1 Å². The third-order valence-corrected chi connectivity index (χ3v) is 4.72. The normalized spacial score (nSPS) is 10.6. The molecule has 0 saturated carbocycles. The molecule has 0 fully saturated rings. The van der Waals surface area contributed by atoms with Crippen LogP contribution in [0.2, 0.25) is 0 Å². The Balaban J connectivity index is 2.01. The highest BCUT2D eigenvalue weighted by Crippen LogP contribution is 2.29. The maximum absolute atomic E-state index is 5.91. The first-order chi connectivity index (χ1) is 9.47. The van der Waals surface area contributed by atoms with Crippen molar-refractivity contribution in [1.29, 1.82) is 0 Å². The Labute approximate surface area is 146 Å². The van der Waals surface area contributed by atoms with E-state index < -0.39 is 0 Å². The van der Waals surface area contributed by atoms with Crippen molar-refractivity contribution in [1.82, 2.24) is 0 Å². The maximum atomic E-state index is 5.91. The molecule has 0 amide bonds. The van der Waals surface area contributed by atoms with Crippen LogP contribution < -0.4 is 15.0 Å². The fourth-order valence-electron chi connectivity index (χ4n) is 1.84. The van der Waals surface area contributed by atoms with Crippen LogP contribution in [0, 0.1) is 21.0 Å². The number of hydrogen-bond acceptors (Lipinski definition) is 2. The summed E-state index contributed by atoms with van der Waals surface area (Å²) in [5, 5.41) is 0. The summed E-state index contributed by atoms with van der Waals surface area (Å²) in [5.41, 5.74) is 9.19. The van der Waals surface area contributed by atoms with E-state index in [1.807, 2.05) is 12.1 Å². The molecule has 0 radical (unpaired) electrons. The Morgan fingerprint density at radius 1 is 1.15 bits per heavy atom. The van der Waals surface area contributed by atoms with Crippen LogP contribution >= 0.6 is 45.2 Å². The van der Waals surface area contributed by atoms with Gasteiger partial charge in [-0.25, -0.2) is 4.57 Å². The van der Waals surface area contributed by atoms with E-state index in [2.05, 4.69) is 82.1 Å². The molecule has 0 aliphatic heterocycles. The standard InChI is InChI=1S/C15H17I2N2O/c1-10-3-4-19(9-11(10)2)5-6-20-15-13(16)7-12(18)8-14(15)17/h3-4,7-9H,5-6,18H2,1-2H3/q+1. The van der Waals surface area contributed by atoms with Crippen LogP contribution in [0.25, 0.3) is 0 Å². The minimum absolute atomic E-state index is 0.642. The van der Waals surface area contributed by atoms with Crippen molar-refractivity contribution in [2.45, 2.75) is 20.4 Å². The van der Waals surface area contributed by atoms with Gasteiger partial charge in [0.1, 0.15) is 12.4 Å². The first-order valence-corrected chi connectivity index (χ1v) is 8.46. The van der Waals surface area contributed by atoms with Gasteiger partial charge in [0.25, 0.3) is 0 Å². The van der Waals surface area contributed by atoms with Gasteiger partial charge in [0.2, 0.25) is 0 Å². The van der Waals surface area contributed by atoms with Gasteiger partial charge >= 0.3 is 0 Å². The highest BCUT2D eigenvalue weighted by Gasteiger charge is 2.09. The first-order valence-electron chi connectivity index (χ1n) is 6.31. The molecule has 2 rings (SSSR count). The molecule has 0 unspecified atom stereocenters. The molecule has 0 spiro atoms. The van der Waals surface area contributed by atoms with Crippen molar-refractivity contribution in [3.05, 3.63) is 48.9 Å². The summed E-state index contributed by atoms with van der Waals surface area (Å²) in [6.07, 6.45) is 4.24. The summed E-state index contributed by atoms with van der Waals surface area (Å²) in [4.78, 5) is 0. The van der Waals surface area contributed by atoms with Gasteiger partial charge in [0.05, 0.1) is 7.14 Å². The van der Waals surface area contributed by atoms with Crippen molar-refractivity contribution < 1.29 is 9.30 Å². The minimum Gasteiger partial charge on any atom is -0.485 e. The predicted molar refractivity (Wildman–Crippen MR) is 97.9 cm³/mol. The molecular formula is C15H17I2N2O+. The third-order valence-electron chi connectivity index (χ3n) is 3.11. The number of aryl methyl sites for hydroxylation is 2. The molecule has 0 aliphatic rings. The Morgan fingerprint density at radius 2 is 1.80 bits per heavy atom. The van der Waals surface area contributed by atoms with Crippen molar-refractivity contribution >= 4 is 50.9 Å². The molecule has 2 N–H and O–H groups in total. The number of nitrogens with two attached hydrogens (primary N) is 1. The van der Waals surface area contributed by atoms with E-state index >= 15 is 0 Å². The van der Waals surface area contributed by atoms with Crippen LogP contribution in [-0.4, -0.2) is 6.61 Å². The summed E-state index contributed by atoms with van der Waals surface area (Å²) >= 11 is 4.52. The number of benzene rings is 1. The number of hydrogen-bond donors (Lipinski definition) is 1. The number of rotatable bonds is 4. The number of ether oxygens (including phenoxy) is 1. The van der Waals surface area contributed by atoms with E-state index in [0.29, 0.717) is 6.61 Å². The third kappa shape index (κ3) is 3.97. The highest BCUT2D eigenvalue weighted by atomic mass is 127. The lowest BCUT2D eigenvalue weighted by Gasteiger charge is -2.10. The van der Waals surface area contributed by atoms with Crippen LogP contribution in [0.15, 0.2) is 30.6 Å². The zero-order valence-corrected chi connectivity index (χ0v) is 15.8. The average molecular weight is 495 g/mol. The molecular weight excluding hydrogens is 478 g/mol. The van der Waals surface area contributed by atoms with Crippen molar-refractivity contribution in [2.24, 2.45) is 0 Å². The molecule has 1 aromatic heterocycles. The highest BCUT2D eigenvalue weighted by molar-refractivity contribution is 14.1. The molecule has 1 heterocycles. The van der Waals surface area contributed by atoms with Gasteiger partial charge in [-0.2, -0.15) is 0 Å². The van der Waals surface area contributed by atoms with Crippen LogP contribution in [0.4, 0.5) is 5.69 Å².